The minimum Gasteiger partial charge on any atom is -0.382 e. The first-order chi connectivity index (χ1) is 6.45. The molecule has 0 aromatic rings. The summed E-state index contributed by atoms with van der Waals surface area (Å²) in [7, 11) is 0. The van der Waals surface area contributed by atoms with Crippen LogP contribution in [0, 0.1) is 0 Å². The summed E-state index contributed by atoms with van der Waals surface area (Å²) in [6, 6.07) is 0. The summed E-state index contributed by atoms with van der Waals surface area (Å²) in [6.07, 6.45) is 6.24. The predicted molar refractivity (Wildman–Crippen MR) is 59.9 cm³/mol. The largest absolute Gasteiger partial charge is 0.382 e. The third-order valence-corrected chi connectivity index (χ3v) is 2.34. The van der Waals surface area contributed by atoms with Crippen LogP contribution in [0.4, 0.5) is 0 Å². The highest BCUT2D eigenvalue weighted by Gasteiger charge is 2.25. The molecule has 0 aliphatic rings. The molecule has 0 rings (SSSR count). The Kier molecular flexibility index (Phi) is 4.54. The lowest BCUT2D eigenvalue weighted by atomic mass is 9.89. The van der Waals surface area contributed by atoms with Crippen LogP contribution in [0.15, 0.2) is 50.6 Å². The monoisotopic (exact) mass is 194 g/mol. The average Bonchev–Trinajstić information content (AvgIpc) is 2.25. The summed E-state index contributed by atoms with van der Waals surface area (Å²) in [4.78, 5) is 0. The van der Waals surface area contributed by atoms with Crippen LogP contribution < -0.4 is 0 Å². The highest BCUT2D eigenvalue weighted by Crippen LogP contribution is 2.23. The molecule has 0 amide bonds. The van der Waals surface area contributed by atoms with Crippen molar-refractivity contribution in [1.29, 1.82) is 0 Å². The Labute approximate surface area is 85.6 Å². The van der Waals surface area contributed by atoms with Gasteiger partial charge in [0.2, 0.25) is 0 Å². The van der Waals surface area contributed by atoms with Crippen LogP contribution in [0.1, 0.15) is 12.8 Å². The summed E-state index contributed by atoms with van der Waals surface area (Å²) in [5.74, 6) is 0. The number of rotatable bonds is 7. The fourth-order valence-electron chi connectivity index (χ4n) is 0.975. The van der Waals surface area contributed by atoms with Crippen molar-refractivity contribution in [1.82, 2.24) is 0 Å². The van der Waals surface area contributed by atoms with Gasteiger partial charge in [-0.25, -0.2) is 0 Å². The van der Waals surface area contributed by atoms with Crippen LogP contribution in [0.3, 0.4) is 0 Å². The molecule has 0 atom stereocenters. The maximum Gasteiger partial charge on any atom is 0.100 e. The normalized spacial score (nSPS) is 11.9. The Bertz CT molecular complexity index is 199. The van der Waals surface area contributed by atoms with Crippen molar-refractivity contribution >= 4 is 0 Å². The minimum atomic E-state index is -1.14. The summed E-state index contributed by atoms with van der Waals surface area (Å²) < 4.78 is 0. The van der Waals surface area contributed by atoms with Crippen molar-refractivity contribution in [2.24, 2.45) is 0 Å². The molecule has 78 valence electrons. The van der Waals surface area contributed by atoms with Crippen molar-refractivity contribution in [3.63, 3.8) is 0 Å². The zero-order valence-electron chi connectivity index (χ0n) is 8.45. The summed E-state index contributed by atoms with van der Waals surface area (Å²) in [5.41, 5.74) is -2.28. The molecular weight excluding hydrogens is 176 g/mol. The molecule has 0 saturated carbocycles. The van der Waals surface area contributed by atoms with Crippen LogP contribution >= 0.6 is 0 Å². The molecule has 0 aromatic heterocycles. The van der Waals surface area contributed by atoms with Gasteiger partial charge in [0.1, 0.15) is 11.2 Å². The van der Waals surface area contributed by atoms with E-state index in [0.717, 1.165) is 0 Å². The van der Waals surface area contributed by atoms with E-state index in [1.807, 2.05) is 0 Å². The van der Waals surface area contributed by atoms with Gasteiger partial charge in [-0.05, 0) is 12.8 Å². The molecule has 0 aliphatic heterocycles. The van der Waals surface area contributed by atoms with Gasteiger partial charge in [-0.15, -0.1) is 0 Å². The van der Waals surface area contributed by atoms with Gasteiger partial charge in [0.25, 0.3) is 0 Å². The highest BCUT2D eigenvalue weighted by molar-refractivity contribution is 5.13. The van der Waals surface area contributed by atoms with Gasteiger partial charge in [0, 0.05) is 0 Å². The van der Waals surface area contributed by atoms with Gasteiger partial charge in [0.05, 0.1) is 0 Å². The zero-order valence-corrected chi connectivity index (χ0v) is 8.45. The molecule has 0 aromatic carbocycles. The van der Waals surface area contributed by atoms with E-state index in [1.54, 1.807) is 0 Å². The van der Waals surface area contributed by atoms with Crippen LogP contribution in [-0.4, -0.2) is 21.4 Å². The Morgan fingerprint density at radius 2 is 0.929 bits per heavy atom. The molecule has 0 unspecified atom stereocenters. The molecule has 0 saturated heterocycles. The predicted octanol–water partition coefficient (Wildman–Crippen LogP) is 1.97. The van der Waals surface area contributed by atoms with Crippen LogP contribution in [0.2, 0.25) is 0 Å². The van der Waals surface area contributed by atoms with Crippen molar-refractivity contribution in [2.45, 2.75) is 24.0 Å². The molecule has 2 N–H and O–H groups in total. The van der Waals surface area contributed by atoms with E-state index in [2.05, 4.69) is 26.3 Å². The molecule has 0 fully saturated rings. The summed E-state index contributed by atoms with van der Waals surface area (Å²) in [5, 5.41) is 19.5. The smallest absolute Gasteiger partial charge is 0.100 e. The van der Waals surface area contributed by atoms with E-state index in [1.165, 1.54) is 24.3 Å². The van der Waals surface area contributed by atoms with Gasteiger partial charge in [-0.1, -0.05) is 50.6 Å². The van der Waals surface area contributed by atoms with E-state index in [0.29, 0.717) is 12.8 Å². The molecular formula is C12H18O2. The third kappa shape index (κ3) is 3.32. The zero-order chi connectivity index (χ0) is 11.2. The number of hydrogen-bond acceptors (Lipinski definition) is 2. The molecule has 0 heterocycles. The van der Waals surface area contributed by atoms with Gasteiger partial charge >= 0.3 is 0 Å². The van der Waals surface area contributed by atoms with E-state index >= 15 is 0 Å². The lowest BCUT2D eigenvalue weighted by Gasteiger charge is -2.25. The summed E-state index contributed by atoms with van der Waals surface area (Å²) in [6.45, 7) is 14.0. The van der Waals surface area contributed by atoms with E-state index < -0.39 is 11.2 Å². The van der Waals surface area contributed by atoms with E-state index in [-0.39, 0.29) is 0 Å². The number of hydrogen-bond donors (Lipinski definition) is 2. The first-order valence-corrected chi connectivity index (χ1v) is 4.44. The summed E-state index contributed by atoms with van der Waals surface area (Å²) >= 11 is 0. The average molecular weight is 194 g/mol. The van der Waals surface area contributed by atoms with Gasteiger partial charge in [-0.2, -0.15) is 0 Å². The van der Waals surface area contributed by atoms with Crippen molar-refractivity contribution in [2.75, 3.05) is 0 Å². The fourth-order valence-corrected chi connectivity index (χ4v) is 0.975. The molecule has 2 nitrogen and oxygen atoms in total. The topological polar surface area (TPSA) is 40.5 Å². The Morgan fingerprint density at radius 3 is 1.07 bits per heavy atom. The van der Waals surface area contributed by atoms with Gasteiger partial charge in [0.15, 0.2) is 0 Å². The minimum absolute atomic E-state index is 0.328. The Morgan fingerprint density at radius 1 is 0.714 bits per heavy atom. The second-order valence-corrected chi connectivity index (χ2v) is 3.30. The molecule has 0 radical (unpaired) electrons. The molecule has 0 aliphatic carbocycles. The number of aliphatic hydroxyl groups is 2. The van der Waals surface area contributed by atoms with Gasteiger partial charge in [-0.3, -0.25) is 0 Å². The Balaban J connectivity index is 4.42. The van der Waals surface area contributed by atoms with Crippen LogP contribution in [-0.2, 0) is 0 Å². The quantitative estimate of drug-likeness (QED) is 0.608. The van der Waals surface area contributed by atoms with Crippen LogP contribution in [0.5, 0.6) is 0 Å². The maximum absolute atomic E-state index is 9.77. The van der Waals surface area contributed by atoms with Crippen molar-refractivity contribution in [3.05, 3.63) is 50.6 Å². The molecule has 2 heteroatoms. The molecule has 0 bridgehead atoms. The first-order valence-electron chi connectivity index (χ1n) is 4.44. The van der Waals surface area contributed by atoms with E-state index in [9.17, 15) is 10.2 Å². The second kappa shape index (κ2) is 4.94. The van der Waals surface area contributed by atoms with E-state index in [4.69, 9.17) is 0 Å². The maximum atomic E-state index is 9.77. The Hall–Kier alpha value is -1.12. The van der Waals surface area contributed by atoms with Crippen molar-refractivity contribution < 1.29 is 10.2 Å². The lowest BCUT2D eigenvalue weighted by Crippen LogP contribution is -2.29. The molecule has 0 spiro atoms. The standard InChI is InChI=1S/C12H18O2/c1-5-11(13,6-2)9-10-12(14,7-3)8-4/h5-8,13-14H,1-4,9-10H2. The fraction of sp³-hybridized carbons (Fsp3) is 0.333. The van der Waals surface area contributed by atoms with Crippen LogP contribution in [0.25, 0.3) is 0 Å². The third-order valence-electron chi connectivity index (χ3n) is 2.34. The highest BCUT2D eigenvalue weighted by atomic mass is 16.3. The van der Waals surface area contributed by atoms with Gasteiger partial charge < -0.3 is 10.2 Å². The molecule has 14 heavy (non-hydrogen) atoms. The van der Waals surface area contributed by atoms with Crippen molar-refractivity contribution in [3.8, 4) is 0 Å². The first kappa shape index (κ1) is 12.9. The second-order valence-electron chi connectivity index (χ2n) is 3.30. The lowest BCUT2D eigenvalue weighted by molar-refractivity contribution is 0.0794. The SMILES string of the molecule is C=CC(O)(C=C)CCC(O)(C=C)C=C.